The summed E-state index contributed by atoms with van der Waals surface area (Å²) >= 11 is 0. The van der Waals surface area contributed by atoms with Gasteiger partial charge < -0.3 is 19.9 Å². The molecule has 1 saturated heterocycles. The second kappa shape index (κ2) is 10.2. The first-order valence-corrected chi connectivity index (χ1v) is 12.0. The van der Waals surface area contributed by atoms with Gasteiger partial charge in [-0.3, -0.25) is 4.99 Å². The van der Waals surface area contributed by atoms with E-state index in [2.05, 4.69) is 30.9 Å². The van der Waals surface area contributed by atoms with E-state index in [4.69, 9.17) is 4.74 Å². The van der Waals surface area contributed by atoms with Crippen LogP contribution in [0.3, 0.4) is 0 Å². The van der Waals surface area contributed by atoms with Gasteiger partial charge in [-0.1, -0.05) is 12.5 Å². The molecule has 0 aromatic heterocycles. The van der Waals surface area contributed by atoms with Gasteiger partial charge >= 0.3 is 0 Å². The van der Waals surface area contributed by atoms with Crippen molar-refractivity contribution in [2.24, 2.45) is 10.9 Å². The molecule has 1 heterocycles. The first kappa shape index (κ1) is 21.7. The molecule has 1 aliphatic carbocycles. The Hall–Kier alpha value is -2.00. The summed E-state index contributed by atoms with van der Waals surface area (Å²) in [6.07, 6.45) is 3.49. The summed E-state index contributed by atoms with van der Waals surface area (Å²) in [4.78, 5) is 8.82. The lowest BCUT2D eigenvalue weighted by Crippen LogP contribution is -2.53. The molecule has 1 aromatic rings. The van der Waals surface area contributed by atoms with Gasteiger partial charge in [0.2, 0.25) is 10.0 Å². The Labute approximate surface area is 174 Å². The molecule has 29 heavy (non-hydrogen) atoms. The van der Waals surface area contributed by atoms with Crippen molar-refractivity contribution in [2.75, 3.05) is 64.1 Å². The number of benzene rings is 1. The number of sulfonamides is 1. The van der Waals surface area contributed by atoms with E-state index in [1.54, 1.807) is 14.2 Å². The zero-order valence-electron chi connectivity index (χ0n) is 17.4. The van der Waals surface area contributed by atoms with Crippen LogP contribution in [0.2, 0.25) is 0 Å². The van der Waals surface area contributed by atoms with Crippen LogP contribution < -0.4 is 19.7 Å². The molecule has 0 spiro atoms. The Bertz CT molecular complexity index is 787. The van der Waals surface area contributed by atoms with E-state index < -0.39 is 10.0 Å². The third-order valence-electron chi connectivity index (χ3n) is 5.68. The van der Waals surface area contributed by atoms with Gasteiger partial charge in [-0.25, -0.2) is 13.1 Å². The van der Waals surface area contributed by atoms with Gasteiger partial charge in [-0.15, -0.1) is 0 Å². The van der Waals surface area contributed by atoms with Crippen LogP contribution in [0, 0.1) is 5.92 Å². The SMILES string of the molecule is CN=C(NCCS(=O)(=O)NCC1CCC1)N1CCN(c2cccc(OC)c2)CC1. The highest BCUT2D eigenvalue weighted by Gasteiger charge is 2.22. The van der Waals surface area contributed by atoms with Gasteiger partial charge in [0.05, 0.1) is 12.9 Å². The molecule has 0 amide bonds. The Morgan fingerprint density at radius 1 is 1.24 bits per heavy atom. The summed E-state index contributed by atoms with van der Waals surface area (Å²) in [6, 6.07) is 8.08. The Balaban J connectivity index is 1.42. The number of guanidine groups is 1. The van der Waals surface area contributed by atoms with Crippen molar-refractivity contribution in [1.29, 1.82) is 0 Å². The summed E-state index contributed by atoms with van der Waals surface area (Å²) in [5, 5.41) is 3.20. The third kappa shape index (κ3) is 6.24. The number of ether oxygens (including phenoxy) is 1. The summed E-state index contributed by atoms with van der Waals surface area (Å²) in [6.45, 7) is 4.31. The molecule has 1 aromatic carbocycles. The van der Waals surface area contributed by atoms with Gasteiger partial charge in [0.25, 0.3) is 0 Å². The fourth-order valence-electron chi connectivity index (χ4n) is 3.63. The molecule has 8 nitrogen and oxygen atoms in total. The van der Waals surface area contributed by atoms with Crippen LogP contribution in [0.1, 0.15) is 19.3 Å². The normalized spacial score (nSPS) is 18.5. The molecule has 1 saturated carbocycles. The van der Waals surface area contributed by atoms with Gasteiger partial charge in [-0.05, 0) is 30.9 Å². The molecule has 1 aliphatic heterocycles. The number of piperazine rings is 1. The molecule has 2 N–H and O–H groups in total. The van der Waals surface area contributed by atoms with E-state index >= 15 is 0 Å². The molecule has 0 bridgehead atoms. The highest BCUT2D eigenvalue weighted by molar-refractivity contribution is 7.89. The number of methoxy groups -OCH3 is 1. The van der Waals surface area contributed by atoms with Gasteiger partial charge in [0.1, 0.15) is 5.75 Å². The minimum atomic E-state index is -3.25. The van der Waals surface area contributed by atoms with E-state index in [-0.39, 0.29) is 5.75 Å². The fourth-order valence-corrected chi connectivity index (χ4v) is 4.63. The van der Waals surface area contributed by atoms with Gasteiger partial charge in [0, 0.05) is 58.1 Å². The molecule has 2 aliphatic rings. The zero-order valence-corrected chi connectivity index (χ0v) is 18.2. The molecular weight excluding hydrogens is 390 g/mol. The standard InChI is InChI=1S/C20H33N5O3S/c1-21-20(22-9-14-29(26,27)23-16-17-5-3-6-17)25-12-10-24(11-13-25)18-7-4-8-19(15-18)28-2/h4,7-8,15,17,23H,3,5-6,9-14,16H2,1-2H3,(H,21,22). The smallest absolute Gasteiger partial charge is 0.213 e. The minimum Gasteiger partial charge on any atom is -0.497 e. The van der Waals surface area contributed by atoms with E-state index in [0.717, 1.165) is 56.4 Å². The van der Waals surface area contributed by atoms with Gasteiger partial charge in [0.15, 0.2) is 5.96 Å². The maximum atomic E-state index is 12.2. The van der Waals surface area contributed by atoms with E-state index in [9.17, 15) is 8.42 Å². The summed E-state index contributed by atoms with van der Waals surface area (Å²) in [5.74, 6) is 2.19. The van der Waals surface area contributed by atoms with Crippen LogP contribution in [0.4, 0.5) is 5.69 Å². The van der Waals surface area contributed by atoms with Crippen molar-refractivity contribution >= 4 is 21.7 Å². The number of hydrogen-bond donors (Lipinski definition) is 2. The summed E-state index contributed by atoms with van der Waals surface area (Å²) < 4.78 is 32.3. The van der Waals surface area contributed by atoms with Gasteiger partial charge in [-0.2, -0.15) is 0 Å². The Kier molecular flexibility index (Phi) is 7.60. The van der Waals surface area contributed by atoms with Crippen molar-refractivity contribution in [1.82, 2.24) is 14.9 Å². The van der Waals surface area contributed by atoms with Crippen LogP contribution in [-0.2, 0) is 10.0 Å². The third-order valence-corrected chi connectivity index (χ3v) is 7.03. The largest absolute Gasteiger partial charge is 0.497 e. The van der Waals surface area contributed by atoms with Crippen molar-refractivity contribution in [3.63, 3.8) is 0 Å². The van der Waals surface area contributed by atoms with Crippen LogP contribution in [-0.4, -0.2) is 78.5 Å². The number of aliphatic imine (C=N–C) groups is 1. The molecule has 0 radical (unpaired) electrons. The topological polar surface area (TPSA) is 86.3 Å². The summed E-state index contributed by atoms with van der Waals surface area (Å²) in [7, 11) is 0.168. The average Bonchev–Trinajstić information content (AvgIpc) is 2.70. The Morgan fingerprint density at radius 2 is 2.00 bits per heavy atom. The van der Waals surface area contributed by atoms with Crippen molar-refractivity contribution in [3.05, 3.63) is 24.3 Å². The van der Waals surface area contributed by atoms with Crippen molar-refractivity contribution < 1.29 is 13.2 Å². The monoisotopic (exact) mass is 423 g/mol. The molecule has 162 valence electrons. The lowest BCUT2D eigenvalue weighted by atomic mass is 9.86. The predicted molar refractivity (Wildman–Crippen MR) is 117 cm³/mol. The van der Waals surface area contributed by atoms with E-state index in [1.165, 1.54) is 6.42 Å². The van der Waals surface area contributed by atoms with Crippen LogP contribution >= 0.6 is 0 Å². The lowest BCUT2D eigenvalue weighted by Gasteiger charge is -2.37. The molecule has 3 rings (SSSR count). The van der Waals surface area contributed by atoms with E-state index in [0.29, 0.717) is 19.0 Å². The van der Waals surface area contributed by atoms with Crippen molar-refractivity contribution in [2.45, 2.75) is 19.3 Å². The molecule has 2 fully saturated rings. The molecular formula is C20H33N5O3S. The number of hydrogen-bond acceptors (Lipinski definition) is 5. The van der Waals surface area contributed by atoms with Crippen LogP contribution in [0.5, 0.6) is 5.75 Å². The number of nitrogens with one attached hydrogen (secondary N) is 2. The second-order valence-electron chi connectivity index (χ2n) is 7.61. The Morgan fingerprint density at radius 3 is 2.62 bits per heavy atom. The predicted octanol–water partition coefficient (Wildman–Crippen LogP) is 1.11. The zero-order chi connectivity index (χ0) is 20.7. The van der Waals surface area contributed by atoms with Crippen LogP contribution in [0.25, 0.3) is 0 Å². The lowest BCUT2D eigenvalue weighted by molar-refractivity contribution is 0.316. The first-order chi connectivity index (χ1) is 14.0. The van der Waals surface area contributed by atoms with Crippen LogP contribution in [0.15, 0.2) is 29.3 Å². The molecule has 9 heteroatoms. The quantitative estimate of drug-likeness (QED) is 0.481. The van der Waals surface area contributed by atoms with E-state index in [1.807, 2.05) is 18.2 Å². The minimum absolute atomic E-state index is 0.0581. The van der Waals surface area contributed by atoms with Crippen molar-refractivity contribution in [3.8, 4) is 5.75 Å². The molecule has 0 unspecified atom stereocenters. The number of rotatable bonds is 8. The number of anilines is 1. The highest BCUT2D eigenvalue weighted by atomic mass is 32.2. The fraction of sp³-hybridized carbons (Fsp3) is 0.650. The maximum Gasteiger partial charge on any atom is 0.213 e. The first-order valence-electron chi connectivity index (χ1n) is 10.3. The molecule has 0 atom stereocenters. The summed E-state index contributed by atoms with van der Waals surface area (Å²) in [5.41, 5.74) is 1.15. The number of nitrogens with zero attached hydrogens (tertiary/aromatic N) is 3. The maximum absolute atomic E-state index is 12.2. The second-order valence-corrected chi connectivity index (χ2v) is 9.54. The highest BCUT2D eigenvalue weighted by Crippen LogP contribution is 2.25. The average molecular weight is 424 g/mol.